The zero-order chi connectivity index (χ0) is 18.9. The number of carbonyl (C=O) groups excluding carboxylic acids is 1. The first-order valence-corrected chi connectivity index (χ1v) is 10.3. The molecule has 146 valence electrons. The molecule has 0 aliphatic carbocycles. The van der Waals surface area contributed by atoms with Crippen LogP contribution in [0.4, 0.5) is 0 Å². The Balaban J connectivity index is 1.75. The number of aryl methyl sites for hydroxylation is 2. The second-order valence-corrected chi connectivity index (χ2v) is 7.50. The van der Waals surface area contributed by atoms with Crippen LogP contribution in [-0.4, -0.2) is 42.6 Å². The van der Waals surface area contributed by atoms with Gasteiger partial charge in [0.05, 0.1) is 0 Å². The number of piperidine rings is 1. The molecule has 1 fully saturated rings. The van der Waals surface area contributed by atoms with Crippen molar-refractivity contribution in [3.63, 3.8) is 0 Å². The first-order chi connectivity index (χ1) is 12.5. The molecule has 1 aromatic rings. The summed E-state index contributed by atoms with van der Waals surface area (Å²) in [6.07, 6.45) is 6.48. The molecule has 1 saturated heterocycles. The van der Waals surface area contributed by atoms with Crippen LogP contribution in [0, 0.1) is 13.8 Å². The summed E-state index contributed by atoms with van der Waals surface area (Å²) < 4.78 is 5.92. The lowest BCUT2D eigenvalue weighted by molar-refractivity contribution is -0.128. The highest BCUT2D eigenvalue weighted by Crippen LogP contribution is 2.20. The van der Waals surface area contributed by atoms with Crippen molar-refractivity contribution in [2.45, 2.75) is 78.4 Å². The molecule has 0 unspecified atom stereocenters. The van der Waals surface area contributed by atoms with Crippen molar-refractivity contribution in [1.29, 1.82) is 0 Å². The maximum atomic E-state index is 12.5. The summed E-state index contributed by atoms with van der Waals surface area (Å²) in [5.41, 5.74) is 2.42. The number of rotatable bonds is 9. The average molecular weight is 361 g/mol. The van der Waals surface area contributed by atoms with Crippen LogP contribution in [0.15, 0.2) is 18.2 Å². The van der Waals surface area contributed by atoms with Gasteiger partial charge in [0.15, 0.2) is 6.10 Å². The van der Waals surface area contributed by atoms with E-state index in [1.54, 1.807) is 0 Å². The summed E-state index contributed by atoms with van der Waals surface area (Å²) in [4.78, 5) is 15.0. The molecule has 0 aromatic heterocycles. The van der Waals surface area contributed by atoms with E-state index in [4.69, 9.17) is 4.74 Å². The predicted octanol–water partition coefficient (Wildman–Crippen LogP) is 4.23. The van der Waals surface area contributed by atoms with Crippen molar-refractivity contribution < 1.29 is 9.53 Å². The molecule has 1 aromatic carbocycles. The van der Waals surface area contributed by atoms with Gasteiger partial charge < -0.3 is 15.0 Å². The quantitative estimate of drug-likeness (QED) is 0.670. The first kappa shape index (κ1) is 20.8. The van der Waals surface area contributed by atoms with Crippen molar-refractivity contribution in [1.82, 2.24) is 10.2 Å². The van der Waals surface area contributed by atoms with Crippen molar-refractivity contribution in [2.24, 2.45) is 0 Å². The van der Waals surface area contributed by atoms with Gasteiger partial charge in [0.1, 0.15) is 5.75 Å². The third-order valence-electron chi connectivity index (χ3n) is 5.56. The number of amides is 1. The highest BCUT2D eigenvalue weighted by Gasteiger charge is 2.21. The Hall–Kier alpha value is -1.55. The summed E-state index contributed by atoms with van der Waals surface area (Å²) >= 11 is 0. The fourth-order valence-electron chi connectivity index (χ4n) is 3.70. The number of carbonyl (C=O) groups is 1. The smallest absolute Gasteiger partial charge is 0.261 e. The molecular weight excluding hydrogens is 324 g/mol. The van der Waals surface area contributed by atoms with Gasteiger partial charge in [-0.25, -0.2) is 0 Å². The lowest BCUT2D eigenvalue weighted by Gasteiger charge is -2.35. The van der Waals surface area contributed by atoms with Crippen LogP contribution >= 0.6 is 0 Å². The summed E-state index contributed by atoms with van der Waals surface area (Å²) in [5.74, 6) is 0.769. The lowest BCUT2D eigenvalue weighted by Crippen LogP contribution is -2.42. The highest BCUT2D eigenvalue weighted by atomic mass is 16.5. The Morgan fingerprint density at radius 2 is 2.08 bits per heavy atom. The molecule has 4 heteroatoms. The van der Waals surface area contributed by atoms with Crippen LogP contribution in [0.3, 0.4) is 0 Å². The van der Waals surface area contributed by atoms with E-state index in [9.17, 15) is 4.79 Å². The fraction of sp³-hybridized carbons (Fsp3) is 0.682. The normalized spacial score (nSPS) is 19.2. The van der Waals surface area contributed by atoms with E-state index >= 15 is 0 Å². The second kappa shape index (κ2) is 10.6. The Morgan fingerprint density at radius 3 is 2.77 bits per heavy atom. The maximum absolute atomic E-state index is 12.5. The SMILES string of the molecule is CC[C@@H]1CCCCN1CCCNC(=O)[C@H](CC)Oc1ccc(C)c(C)c1. The van der Waals surface area contributed by atoms with E-state index in [-0.39, 0.29) is 5.91 Å². The molecule has 2 rings (SSSR count). The fourth-order valence-corrected chi connectivity index (χ4v) is 3.70. The van der Waals surface area contributed by atoms with Crippen molar-refractivity contribution in [3.05, 3.63) is 29.3 Å². The molecule has 0 bridgehead atoms. The minimum Gasteiger partial charge on any atom is -0.481 e. The van der Waals surface area contributed by atoms with Gasteiger partial charge in [-0.2, -0.15) is 0 Å². The van der Waals surface area contributed by atoms with Crippen molar-refractivity contribution in [2.75, 3.05) is 19.6 Å². The molecule has 0 saturated carbocycles. The molecule has 0 spiro atoms. The van der Waals surface area contributed by atoms with E-state index in [1.165, 1.54) is 43.4 Å². The zero-order valence-electron chi connectivity index (χ0n) is 17.0. The topological polar surface area (TPSA) is 41.6 Å². The predicted molar refractivity (Wildman–Crippen MR) is 108 cm³/mol. The second-order valence-electron chi connectivity index (χ2n) is 7.50. The van der Waals surface area contributed by atoms with E-state index in [1.807, 2.05) is 25.1 Å². The van der Waals surface area contributed by atoms with Crippen LogP contribution in [0.1, 0.15) is 63.5 Å². The Morgan fingerprint density at radius 1 is 1.27 bits per heavy atom. The van der Waals surface area contributed by atoms with Gasteiger partial charge in [0.2, 0.25) is 0 Å². The number of likely N-dealkylation sites (tertiary alicyclic amines) is 1. The van der Waals surface area contributed by atoms with E-state index in [0.717, 1.165) is 31.3 Å². The summed E-state index contributed by atoms with van der Waals surface area (Å²) in [7, 11) is 0. The molecule has 1 aliphatic rings. The number of ether oxygens (including phenoxy) is 1. The van der Waals surface area contributed by atoms with Gasteiger partial charge in [-0.3, -0.25) is 4.79 Å². The highest BCUT2D eigenvalue weighted by molar-refractivity contribution is 5.81. The molecule has 1 N–H and O–H groups in total. The molecule has 1 aliphatic heterocycles. The van der Waals surface area contributed by atoms with E-state index in [2.05, 4.69) is 31.0 Å². The average Bonchev–Trinajstić information content (AvgIpc) is 2.66. The van der Waals surface area contributed by atoms with E-state index in [0.29, 0.717) is 6.42 Å². The van der Waals surface area contributed by atoms with Crippen LogP contribution in [0.2, 0.25) is 0 Å². The minimum absolute atomic E-state index is 0.00332. The molecular formula is C22H36N2O2. The van der Waals surface area contributed by atoms with Crippen LogP contribution in [-0.2, 0) is 4.79 Å². The summed E-state index contributed by atoms with van der Waals surface area (Å²) in [6, 6.07) is 6.72. The standard InChI is InChI=1S/C22H36N2O2/c1-5-19-10-7-8-14-24(19)15-9-13-23-22(25)21(6-2)26-20-12-11-17(3)18(4)16-20/h11-12,16,19,21H,5-10,13-15H2,1-4H3,(H,23,25)/t19-,21+/m1/s1. The summed E-state index contributed by atoms with van der Waals surface area (Å²) in [5, 5.41) is 3.06. The Bertz CT molecular complexity index is 573. The first-order valence-electron chi connectivity index (χ1n) is 10.3. The van der Waals surface area contributed by atoms with Gasteiger partial charge in [-0.05, 0) is 75.8 Å². The van der Waals surface area contributed by atoms with Gasteiger partial charge in [0, 0.05) is 19.1 Å². The third kappa shape index (κ3) is 6.01. The van der Waals surface area contributed by atoms with Gasteiger partial charge in [-0.1, -0.05) is 26.3 Å². The van der Waals surface area contributed by atoms with Crippen LogP contribution in [0.25, 0.3) is 0 Å². The molecule has 2 atom stereocenters. The summed E-state index contributed by atoms with van der Waals surface area (Å²) in [6.45, 7) is 11.4. The van der Waals surface area contributed by atoms with Gasteiger partial charge in [0.25, 0.3) is 5.91 Å². The minimum atomic E-state index is -0.421. The van der Waals surface area contributed by atoms with E-state index < -0.39 is 6.10 Å². The molecule has 1 amide bonds. The number of nitrogens with zero attached hydrogens (tertiary/aromatic N) is 1. The number of hydrogen-bond donors (Lipinski definition) is 1. The number of hydrogen-bond acceptors (Lipinski definition) is 3. The zero-order valence-corrected chi connectivity index (χ0v) is 17.0. The Labute approximate surface area is 159 Å². The van der Waals surface area contributed by atoms with Gasteiger partial charge >= 0.3 is 0 Å². The van der Waals surface area contributed by atoms with Crippen LogP contribution < -0.4 is 10.1 Å². The van der Waals surface area contributed by atoms with Crippen molar-refractivity contribution in [3.8, 4) is 5.75 Å². The lowest BCUT2D eigenvalue weighted by atomic mass is 10.00. The number of benzene rings is 1. The number of nitrogens with one attached hydrogen (secondary N) is 1. The molecule has 4 nitrogen and oxygen atoms in total. The third-order valence-corrected chi connectivity index (χ3v) is 5.56. The monoisotopic (exact) mass is 360 g/mol. The molecule has 26 heavy (non-hydrogen) atoms. The van der Waals surface area contributed by atoms with Crippen molar-refractivity contribution >= 4 is 5.91 Å². The van der Waals surface area contributed by atoms with Crippen LogP contribution in [0.5, 0.6) is 5.75 Å². The van der Waals surface area contributed by atoms with Gasteiger partial charge in [-0.15, -0.1) is 0 Å². The maximum Gasteiger partial charge on any atom is 0.261 e. The largest absolute Gasteiger partial charge is 0.481 e. The Kier molecular flexibility index (Phi) is 8.43. The molecule has 1 heterocycles. The molecule has 0 radical (unpaired) electrons.